The van der Waals surface area contributed by atoms with Crippen LogP contribution >= 0.6 is 0 Å². The fourth-order valence-electron chi connectivity index (χ4n) is 2.73. The zero-order valence-electron chi connectivity index (χ0n) is 15.2. The number of esters is 1. The number of rotatable bonds is 7. The Morgan fingerprint density at radius 1 is 0.926 bits per heavy atom. The second-order valence-electron chi connectivity index (χ2n) is 5.86. The Morgan fingerprint density at radius 3 is 2.44 bits per heavy atom. The van der Waals surface area contributed by atoms with Crippen molar-refractivity contribution < 1.29 is 23.8 Å². The van der Waals surface area contributed by atoms with Gasteiger partial charge in [-0.05, 0) is 48.0 Å². The molecule has 0 fully saturated rings. The average Bonchev–Trinajstić information content (AvgIpc) is 2.71. The molecule has 0 N–H and O–H groups in total. The molecule has 0 saturated carbocycles. The molecule has 27 heavy (non-hydrogen) atoms. The molecule has 3 aromatic carbocycles. The standard InChI is InChI=1S/C22H20O5/c1-3-26-21-7-5-4-6-19(21)22(24)27-14-20(23)17-9-8-16-13-18(25-2)11-10-15(16)12-17/h4-13H,3,14H2,1-2H3. The molecule has 0 amide bonds. The Morgan fingerprint density at radius 2 is 1.67 bits per heavy atom. The van der Waals surface area contributed by atoms with Gasteiger partial charge in [0.05, 0.1) is 13.7 Å². The van der Waals surface area contributed by atoms with Gasteiger partial charge in [0.25, 0.3) is 0 Å². The monoisotopic (exact) mass is 364 g/mol. The van der Waals surface area contributed by atoms with Crippen molar-refractivity contribution in [2.75, 3.05) is 20.3 Å². The summed E-state index contributed by atoms with van der Waals surface area (Å²) < 4.78 is 15.8. The normalized spacial score (nSPS) is 10.4. The molecule has 0 bridgehead atoms. The van der Waals surface area contributed by atoms with E-state index >= 15 is 0 Å². The first-order valence-electron chi connectivity index (χ1n) is 8.62. The number of hydrogen-bond acceptors (Lipinski definition) is 5. The van der Waals surface area contributed by atoms with Crippen LogP contribution in [0, 0.1) is 0 Å². The zero-order chi connectivity index (χ0) is 19.2. The summed E-state index contributed by atoms with van der Waals surface area (Å²) in [6, 6.07) is 17.8. The van der Waals surface area contributed by atoms with Gasteiger partial charge in [0.1, 0.15) is 17.1 Å². The van der Waals surface area contributed by atoms with E-state index in [-0.39, 0.29) is 12.4 Å². The number of fused-ring (bicyclic) bond motifs is 1. The highest BCUT2D eigenvalue weighted by Gasteiger charge is 2.16. The highest BCUT2D eigenvalue weighted by molar-refractivity contribution is 6.02. The molecule has 0 radical (unpaired) electrons. The van der Waals surface area contributed by atoms with Crippen molar-refractivity contribution in [1.82, 2.24) is 0 Å². The van der Waals surface area contributed by atoms with Crippen molar-refractivity contribution in [3.63, 3.8) is 0 Å². The van der Waals surface area contributed by atoms with E-state index in [1.54, 1.807) is 43.5 Å². The summed E-state index contributed by atoms with van der Waals surface area (Å²) >= 11 is 0. The first-order valence-corrected chi connectivity index (χ1v) is 8.62. The molecule has 0 atom stereocenters. The molecule has 0 spiro atoms. The number of para-hydroxylation sites is 1. The van der Waals surface area contributed by atoms with Gasteiger partial charge in [-0.15, -0.1) is 0 Å². The lowest BCUT2D eigenvalue weighted by atomic mass is 10.0. The van der Waals surface area contributed by atoms with E-state index in [1.165, 1.54) is 0 Å². The topological polar surface area (TPSA) is 61.8 Å². The molecule has 138 valence electrons. The van der Waals surface area contributed by atoms with Crippen LogP contribution in [0.4, 0.5) is 0 Å². The summed E-state index contributed by atoms with van der Waals surface area (Å²) in [6.45, 7) is 1.94. The Bertz CT molecular complexity index is 977. The van der Waals surface area contributed by atoms with Crippen molar-refractivity contribution in [2.24, 2.45) is 0 Å². The van der Waals surface area contributed by atoms with Crippen LogP contribution in [0.5, 0.6) is 11.5 Å². The number of ketones is 1. The second kappa shape index (κ2) is 8.36. The van der Waals surface area contributed by atoms with Crippen LogP contribution < -0.4 is 9.47 Å². The van der Waals surface area contributed by atoms with Gasteiger partial charge in [0.2, 0.25) is 0 Å². The van der Waals surface area contributed by atoms with Crippen molar-refractivity contribution in [3.8, 4) is 11.5 Å². The van der Waals surface area contributed by atoms with Crippen molar-refractivity contribution >= 4 is 22.5 Å². The molecule has 0 aliphatic rings. The van der Waals surface area contributed by atoms with Gasteiger partial charge in [0.15, 0.2) is 12.4 Å². The Kier molecular flexibility index (Phi) is 5.71. The van der Waals surface area contributed by atoms with Crippen LogP contribution in [0.1, 0.15) is 27.6 Å². The Balaban J connectivity index is 1.70. The minimum atomic E-state index is -0.585. The Labute approximate surface area is 157 Å². The number of Topliss-reactive ketones (excluding diaryl/α,β-unsaturated/α-hetero) is 1. The summed E-state index contributed by atoms with van der Waals surface area (Å²) in [6.07, 6.45) is 0. The van der Waals surface area contributed by atoms with Gasteiger partial charge in [-0.25, -0.2) is 4.79 Å². The van der Waals surface area contributed by atoms with E-state index in [4.69, 9.17) is 14.2 Å². The van der Waals surface area contributed by atoms with E-state index in [0.717, 1.165) is 16.5 Å². The zero-order valence-corrected chi connectivity index (χ0v) is 15.2. The smallest absolute Gasteiger partial charge is 0.342 e. The van der Waals surface area contributed by atoms with Gasteiger partial charge < -0.3 is 14.2 Å². The number of methoxy groups -OCH3 is 1. The lowest BCUT2D eigenvalue weighted by Gasteiger charge is -2.10. The SMILES string of the molecule is CCOc1ccccc1C(=O)OCC(=O)c1ccc2cc(OC)ccc2c1. The minimum absolute atomic E-state index is 0.269. The maximum absolute atomic E-state index is 12.4. The van der Waals surface area contributed by atoms with Crippen LogP contribution in [0.3, 0.4) is 0 Å². The van der Waals surface area contributed by atoms with E-state index in [0.29, 0.717) is 23.5 Å². The molecule has 0 heterocycles. The van der Waals surface area contributed by atoms with Crippen LogP contribution in [0.2, 0.25) is 0 Å². The quantitative estimate of drug-likeness (QED) is 0.462. The largest absolute Gasteiger partial charge is 0.497 e. The van der Waals surface area contributed by atoms with E-state index in [9.17, 15) is 9.59 Å². The molecule has 3 aromatic rings. The number of carbonyl (C=O) groups excluding carboxylic acids is 2. The maximum atomic E-state index is 12.4. The minimum Gasteiger partial charge on any atom is -0.497 e. The van der Waals surface area contributed by atoms with Gasteiger partial charge in [-0.3, -0.25) is 4.79 Å². The van der Waals surface area contributed by atoms with E-state index in [1.807, 2.05) is 31.2 Å². The highest BCUT2D eigenvalue weighted by Crippen LogP contribution is 2.22. The molecule has 3 rings (SSSR count). The van der Waals surface area contributed by atoms with Crippen LogP contribution in [-0.4, -0.2) is 32.1 Å². The molecule has 5 heteroatoms. The molecular weight excluding hydrogens is 344 g/mol. The number of hydrogen-bond donors (Lipinski definition) is 0. The maximum Gasteiger partial charge on any atom is 0.342 e. The van der Waals surface area contributed by atoms with Gasteiger partial charge in [-0.1, -0.05) is 30.3 Å². The molecule has 0 aromatic heterocycles. The lowest BCUT2D eigenvalue weighted by Crippen LogP contribution is -2.15. The molecule has 0 aliphatic carbocycles. The lowest BCUT2D eigenvalue weighted by molar-refractivity contribution is 0.0471. The van der Waals surface area contributed by atoms with Crippen LogP contribution in [-0.2, 0) is 4.74 Å². The van der Waals surface area contributed by atoms with E-state index < -0.39 is 5.97 Å². The van der Waals surface area contributed by atoms with Crippen LogP contribution in [0.15, 0.2) is 60.7 Å². The van der Waals surface area contributed by atoms with E-state index in [2.05, 4.69) is 0 Å². The number of benzene rings is 3. The molecule has 5 nitrogen and oxygen atoms in total. The third-order valence-corrected chi connectivity index (χ3v) is 4.11. The summed E-state index contributed by atoms with van der Waals surface area (Å²) in [5.74, 6) is 0.341. The number of carbonyl (C=O) groups is 2. The fourth-order valence-corrected chi connectivity index (χ4v) is 2.73. The summed E-state index contributed by atoms with van der Waals surface area (Å²) in [4.78, 5) is 24.7. The van der Waals surface area contributed by atoms with Crippen LogP contribution in [0.25, 0.3) is 10.8 Å². The predicted octanol–water partition coefficient (Wildman–Crippen LogP) is 4.29. The second-order valence-corrected chi connectivity index (χ2v) is 5.86. The Hall–Kier alpha value is -3.34. The average molecular weight is 364 g/mol. The molecule has 0 saturated heterocycles. The molecule has 0 aliphatic heterocycles. The first kappa shape index (κ1) is 18.5. The molecular formula is C22H20O5. The highest BCUT2D eigenvalue weighted by atomic mass is 16.5. The number of ether oxygens (including phenoxy) is 3. The van der Waals surface area contributed by atoms with Crippen molar-refractivity contribution in [3.05, 3.63) is 71.8 Å². The van der Waals surface area contributed by atoms with Gasteiger partial charge in [0, 0.05) is 5.56 Å². The summed E-state index contributed by atoms with van der Waals surface area (Å²) in [5.41, 5.74) is 0.788. The fraction of sp³-hybridized carbons (Fsp3) is 0.182. The summed E-state index contributed by atoms with van der Waals surface area (Å²) in [5, 5.41) is 1.88. The van der Waals surface area contributed by atoms with Gasteiger partial charge in [-0.2, -0.15) is 0 Å². The summed E-state index contributed by atoms with van der Waals surface area (Å²) in [7, 11) is 1.61. The van der Waals surface area contributed by atoms with Crippen molar-refractivity contribution in [2.45, 2.75) is 6.92 Å². The molecule has 0 unspecified atom stereocenters. The third-order valence-electron chi connectivity index (χ3n) is 4.11. The first-order chi connectivity index (χ1) is 13.1. The van der Waals surface area contributed by atoms with Gasteiger partial charge >= 0.3 is 5.97 Å². The van der Waals surface area contributed by atoms with Crippen molar-refractivity contribution in [1.29, 1.82) is 0 Å². The predicted molar refractivity (Wildman–Crippen MR) is 103 cm³/mol. The third kappa shape index (κ3) is 4.26.